The Balaban J connectivity index is 2.26. The number of nitrogens with zero attached hydrogens (tertiary/aromatic N) is 1. The summed E-state index contributed by atoms with van der Waals surface area (Å²) in [5, 5.41) is 9.05. The first-order chi connectivity index (χ1) is 17.0. The standard InChI is InChI=1S/C31H44N2O2/c1-5-9-11-24(7-3)22-34-30-20-29(33)31(35-23-25(8-4)12-10-6-2)19-28(30)18-17-26-13-15-27(21-32)16-14-26/h13-20,24-25H,5-12,22-23,33H2,1-4H3/b18-17+. The van der Waals surface area contributed by atoms with Gasteiger partial charge < -0.3 is 15.2 Å². The molecule has 2 rings (SSSR count). The summed E-state index contributed by atoms with van der Waals surface area (Å²) in [7, 11) is 0. The molecule has 4 heteroatoms. The van der Waals surface area contributed by atoms with Gasteiger partial charge in [-0.25, -0.2) is 0 Å². The molecule has 4 nitrogen and oxygen atoms in total. The molecule has 2 atom stereocenters. The zero-order chi connectivity index (χ0) is 25.5. The summed E-state index contributed by atoms with van der Waals surface area (Å²) >= 11 is 0. The number of anilines is 1. The maximum Gasteiger partial charge on any atom is 0.143 e. The van der Waals surface area contributed by atoms with Gasteiger partial charge in [-0.3, -0.25) is 0 Å². The molecule has 0 spiro atoms. The number of rotatable bonds is 16. The van der Waals surface area contributed by atoms with Crippen molar-refractivity contribution in [1.82, 2.24) is 0 Å². The maximum atomic E-state index is 9.05. The van der Waals surface area contributed by atoms with E-state index in [1.165, 1.54) is 38.5 Å². The summed E-state index contributed by atoms with van der Waals surface area (Å²) < 4.78 is 12.5. The highest BCUT2D eigenvalue weighted by Crippen LogP contribution is 2.34. The van der Waals surface area contributed by atoms with Crippen LogP contribution in [0.3, 0.4) is 0 Å². The summed E-state index contributed by atoms with van der Waals surface area (Å²) in [5.41, 5.74) is 9.66. The topological polar surface area (TPSA) is 68.3 Å². The first-order valence-electron chi connectivity index (χ1n) is 13.4. The van der Waals surface area contributed by atoms with Crippen molar-refractivity contribution < 1.29 is 9.47 Å². The molecular formula is C31H44N2O2. The molecule has 0 aliphatic rings. The van der Waals surface area contributed by atoms with E-state index in [4.69, 9.17) is 20.5 Å². The van der Waals surface area contributed by atoms with Crippen molar-refractivity contribution in [3.8, 4) is 17.6 Å². The van der Waals surface area contributed by atoms with Gasteiger partial charge in [-0.2, -0.15) is 5.26 Å². The molecular weight excluding hydrogens is 432 g/mol. The Morgan fingerprint density at radius 3 is 1.91 bits per heavy atom. The van der Waals surface area contributed by atoms with Crippen LogP contribution in [0.4, 0.5) is 5.69 Å². The number of hydrogen-bond donors (Lipinski definition) is 1. The van der Waals surface area contributed by atoms with Gasteiger partial charge >= 0.3 is 0 Å². The van der Waals surface area contributed by atoms with Crippen molar-refractivity contribution in [1.29, 1.82) is 5.26 Å². The number of benzene rings is 2. The van der Waals surface area contributed by atoms with Gasteiger partial charge in [0.2, 0.25) is 0 Å². The number of nitriles is 1. The van der Waals surface area contributed by atoms with Gasteiger partial charge in [-0.15, -0.1) is 0 Å². The molecule has 0 aliphatic carbocycles. The fourth-order valence-electron chi connectivity index (χ4n) is 4.04. The smallest absolute Gasteiger partial charge is 0.143 e. The third-order valence-electron chi connectivity index (χ3n) is 6.67. The second-order valence-electron chi connectivity index (χ2n) is 9.45. The van der Waals surface area contributed by atoms with Crippen molar-refractivity contribution in [2.45, 2.75) is 79.1 Å². The quantitative estimate of drug-likeness (QED) is 0.195. The second kappa shape index (κ2) is 15.9. The van der Waals surface area contributed by atoms with Crippen molar-refractivity contribution in [3.63, 3.8) is 0 Å². The Morgan fingerprint density at radius 1 is 0.829 bits per heavy atom. The van der Waals surface area contributed by atoms with Gasteiger partial charge in [0.05, 0.1) is 30.5 Å². The van der Waals surface area contributed by atoms with Crippen LogP contribution in [0.15, 0.2) is 36.4 Å². The summed E-state index contributed by atoms with van der Waals surface area (Å²) in [5.74, 6) is 2.57. The Bertz CT molecular complexity index is 944. The fourth-order valence-corrected chi connectivity index (χ4v) is 4.04. The lowest BCUT2D eigenvalue weighted by Gasteiger charge is -2.20. The van der Waals surface area contributed by atoms with Gasteiger partial charge in [0.25, 0.3) is 0 Å². The van der Waals surface area contributed by atoms with Crippen LogP contribution in [0.25, 0.3) is 12.2 Å². The van der Waals surface area contributed by atoms with E-state index in [9.17, 15) is 0 Å². The van der Waals surface area contributed by atoms with E-state index < -0.39 is 0 Å². The molecule has 2 N–H and O–H groups in total. The van der Waals surface area contributed by atoms with Crippen LogP contribution >= 0.6 is 0 Å². The molecule has 0 aromatic heterocycles. The fraction of sp³-hybridized carbons (Fsp3) is 0.516. The number of nitrogen functional groups attached to an aromatic ring is 1. The Morgan fingerprint density at radius 2 is 1.40 bits per heavy atom. The van der Waals surface area contributed by atoms with Gasteiger partial charge in [-0.05, 0) is 48.4 Å². The first kappa shape index (κ1) is 28.3. The Kier molecular flexibility index (Phi) is 12.8. The minimum atomic E-state index is 0.534. The molecule has 0 bridgehead atoms. The molecule has 2 unspecified atom stereocenters. The zero-order valence-electron chi connectivity index (χ0n) is 22.2. The Labute approximate surface area is 213 Å². The van der Waals surface area contributed by atoms with Gasteiger partial charge in [0, 0.05) is 11.6 Å². The maximum absolute atomic E-state index is 9.05. The SMILES string of the molecule is CCCCC(CC)COc1cc(/C=C/c2ccc(C#N)cc2)c(OCC(CC)CCCC)cc1N. The third-order valence-corrected chi connectivity index (χ3v) is 6.67. The molecule has 2 aromatic carbocycles. The van der Waals surface area contributed by atoms with Gasteiger partial charge in [0.15, 0.2) is 0 Å². The molecule has 2 aromatic rings. The van der Waals surface area contributed by atoms with Gasteiger partial charge in [-0.1, -0.05) is 90.5 Å². The molecule has 0 saturated carbocycles. The van der Waals surface area contributed by atoms with E-state index in [1.807, 2.05) is 48.6 Å². The largest absolute Gasteiger partial charge is 0.493 e. The number of ether oxygens (including phenoxy) is 2. The second-order valence-corrected chi connectivity index (χ2v) is 9.45. The van der Waals surface area contributed by atoms with Crippen LogP contribution in [0, 0.1) is 23.2 Å². The van der Waals surface area contributed by atoms with E-state index >= 15 is 0 Å². The minimum Gasteiger partial charge on any atom is -0.493 e. The van der Waals surface area contributed by atoms with E-state index in [1.54, 1.807) is 0 Å². The van der Waals surface area contributed by atoms with Crippen LogP contribution in [0.2, 0.25) is 0 Å². The average molecular weight is 477 g/mol. The summed E-state index contributed by atoms with van der Waals surface area (Å²) in [6.45, 7) is 10.3. The van der Waals surface area contributed by atoms with E-state index in [0.717, 1.165) is 29.7 Å². The van der Waals surface area contributed by atoms with Crippen molar-refractivity contribution in [2.75, 3.05) is 18.9 Å². The molecule has 0 radical (unpaired) electrons. The van der Waals surface area contributed by atoms with Crippen LogP contribution in [-0.2, 0) is 0 Å². The summed E-state index contributed by atoms with van der Waals surface area (Å²) in [6, 6.07) is 13.6. The van der Waals surface area contributed by atoms with Crippen LogP contribution in [0.5, 0.6) is 11.5 Å². The average Bonchev–Trinajstić information content (AvgIpc) is 2.89. The van der Waals surface area contributed by atoms with E-state index in [0.29, 0.717) is 42.0 Å². The molecule has 190 valence electrons. The predicted molar refractivity (Wildman–Crippen MR) is 149 cm³/mol. The first-order valence-corrected chi connectivity index (χ1v) is 13.4. The van der Waals surface area contributed by atoms with E-state index in [2.05, 4.69) is 33.8 Å². The van der Waals surface area contributed by atoms with Gasteiger partial charge in [0.1, 0.15) is 11.5 Å². The molecule has 0 heterocycles. The van der Waals surface area contributed by atoms with Crippen molar-refractivity contribution in [2.24, 2.45) is 11.8 Å². The lowest BCUT2D eigenvalue weighted by Crippen LogP contribution is -2.13. The molecule has 0 amide bonds. The monoisotopic (exact) mass is 476 g/mol. The molecule has 0 fully saturated rings. The Hall–Kier alpha value is -2.93. The van der Waals surface area contributed by atoms with Crippen molar-refractivity contribution >= 4 is 17.8 Å². The normalized spacial score (nSPS) is 12.9. The highest BCUT2D eigenvalue weighted by Gasteiger charge is 2.14. The zero-order valence-corrected chi connectivity index (χ0v) is 22.2. The third kappa shape index (κ3) is 9.68. The predicted octanol–water partition coefficient (Wildman–Crippen LogP) is 8.50. The number of hydrogen-bond acceptors (Lipinski definition) is 4. The molecule has 35 heavy (non-hydrogen) atoms. The van der Waals surface area contributed by atoms with Crippen LogP contribution < -0.4 is 15.2 Å². The lowest BCUT2D eigenvalue weighted by atomic mass is 10.0. The van der Waals surface area contributed by atoms with Crippen LogP contribution in [-0.4, -0.2) is 13.2 Å². The lowest BCUT2D eigenvalue weighted by molar-refractivity contribution is 0.228. The van der Waals surface area contributed by atoms with E-state index in [-0.39, 0.29) is 0 Å². The number of nitrogens with two attached hydrogens (primary N) is 1. The summed E-state index contributed by atoms with van der Waals surface area (Å²) in [6.07, 6.45) is 13.5. The highest BCUT2D eigenvalue weighted by atomic mass is 16.5. The minimum absolute atomic E-state index is 0.534. The number of unbranched alkanes of at least 4 members (excludes halogenated alkanes) is 2. The molecule has 0 aliphatic heterocycles. The summed E-state index contributed by atoms with van der Waals surface area (Å²) in [4.78, 5) is 0. The molecule has 0 saturated heterocycles. The highest BCUT2D eigenvalue weighted by molar-refractivity contribution is 5.76. The van der Waals surface area contributed by atoms with Crippen LogP contribution in [0.1, 0.15) is 95.8 Å². The van der Waals surface area contributed by atoms with Crippen molar-refractivity contribution in [3.05, 3.63) is 53.1 Å².